The van der Waals surface area contributed by atoms with Crippen LogP contribution in [0, 0.1) is 5.41 Å². The van der Waals surface area contributed by atoms with E-state index in [1.54, 1.807) is 0 Å². The van der Waals surface area contributed by atoms with Gasteiger partial charge in [-0.05, 0) is 49.1 Å². The molecule has 1 fully saturated rings. The van der Waals surface area contributed by atoms with Crippen molar-refractivity contribution in [2.24, 2.45) is 5.41 Å². The molecule has 1 unspecified atom stereocenters. The lowest BCUT2D eigenvalue weighted by Crippen LogP contribution is -2.52. The first kappa shape index (κ1) is 14.1. The molecule has 0 spiro atoms. The van der Waals surface area contributed by atoms with Gasteiger partial charge < -0.3 is 15.6 Å². The van der Waals surface area contributed by atoms with E-state index < -0.39 is 0 Å². The fourth-order valence-corrected chi connectivity index (χ4v) is 3.11. The van der Waals surface area contributed by atoms with E-state index in [0.29, 0.717) is 12.6 Å². The molecule has 1 aliphatic rings. The Hall–Kier alpha value is -1.81. The molecular weight excluding hydrogens is 262 g/mol. The smallest absolute Gasteiger partial charge is 0.251 e. The predicted octanol–water partition coefficient (Wildman–Crippen LogP) is 2.68. The van der Waals surface area contributed by atoms with E-state index in [1.807, 2.05) is 30.5 Å². The Balaban J connectivity index is 1.65. The Bertz CT molecular complexity index is 644. The van der Waals surface area contributed by atoms with E-state index in [9.17, 15) is 4.79 Å². The largest absolute Gasteiger partial charge is 0.361 e. The molecule has 1 aromatic heterocycles. The van der Waals surface area contributed by atoms with Crippen molar-refractivity contribution in [3.63, 3.8) is 0 Å². The lowest BCUT2D eigenvalue weighted by molar-refractivity contribution is 0.0929. The maximum Gasteiger partial charge on any atom is 0.251 e. The normalized spacial score (nSPS) is 21.3. The van der Waals surface area contributed by atoms with Gasteiger partial charge in [-0.3, -0.25) is 4.79 Å². The molecule has 0 radical (unpaired) electrons. The van der Waals surface area contributed by atoms with Gasteiger partial charge in [0.1, 0.15) is 0 Å². The number of hydrogen-bond donors (Lipinski definition) is 3. The van der Waals surface area contributed by atoms with Crippen LogP contribution in [-0.2, 0) is 0 Å². The van der Waals surface area contributed by atoms with Crippen molar-refractivity contribution in [3.8, 4) is 0 Å². The highest BCUT2D eigenvalue weighted by molar-refractivity contribution is 5.98. The van der Waals surface area contributed by atoms with Crippen molar-refractivity contribution in [1.29, 1.82) is 0 Å². The van der Waals surface area contributed by atoms with E-state index in [2.05, 4.69) is 29.5 Å². The Kier molecular flexibility index (Phi) is 3.72. The second-order valence-corrected chi connectivity index (χ2v) is 6.59. The fraction of sp³-hybridized carbons (Fsp3) is 0.471. The van der Waals surface area contributed by atoms with Gasteiger partial charge in [0.25, 0.3) is 5.91 Å². The number of nitrogens with one attached hydrogen (secondary N) is 3. The summed E-state index contributed by atoms with van der Waals surface area (Å²) in [4.78, 5) is 15.5. The van der Waals surface area contributed by atoms with Crippen molar-refractivity contribution in [1.82, 2.24) is 15.6 Å². The second kappa shape index (κ2) is 5.53. The van der Waals surface area contributed by atoms with Crippen LogP contribution >= 0.6 is 0 Å². The highest BCUT2D eigenvalue weighted by Gasteiger charge is 2.31. The molecule has 112 valence electrons. The topological polar surface area (TPSA) is 56.9 Å². The predicted molar refractivity (Wildman–Crippen MR) is 85.4 cm³/mol. The number of fused-ring (bicyclic) bond motifs is 1. The summed E-state index contributed by atoms with van der Waals surface area (Å²) in [6.07, 6.45) is 4.30. The van der Waals surface area contributed by atoms with Crippen LogP contribution in [0.3, 0.4) is 0 Å². The molecule has 21 heavy (non-hydrogen) atoms. The Labute approximate surface area is 125 Å². The van der Waals surface area contributed by atoms with Crippen LogP contribution in [-0.4, -0.2) is 30.0 Å². The molecule has 3 N–H and O–H groups in total. The van der Waals surface area contributed by atoms with Crippen molar-refractivity contribution in [3.05, 3.63) is 36.0 Å². The number of H-pyrrole nitrogens is 1. The minimum Gasteiger partial charge on any atom is -0.361 e. The average molecular weight is 285 g/mol. The maximum atomic E-state index is 12.3. The van der Waals surface area contributed by atoms with Gasteiger partial charge in [-0.15, -0.1) is 0 Å². The average Bonchev–Trinajstić information content (AvgIpc) is 2.92. The molecule has 1 atom stereocenters. The van der Waals surface area contributed by atoms with Gasteiger partial charge in [0.05, 0.1) is 0 Å². The molecule has 0 bridgehead atoms. The summed E-state index contributed by atoms with van der Waals surface area (Å²) >= 11 is 0. The number of carbonyl (C=O) groups is 1. The molecule has 4 heteroatoms. The molecule has 1 amide bonds. The number of hydrogen-bond acceptors (Lipinski definition) is 2. The second-order valence-electron chi connectivity index (χ2n) is 6.59. The molecule has 1 aromatic carbocycles. The summed E-state index contributed by atoms with van der Waals surface area (Å²) in [6.45, 7) is 6.25. The fourth-order valence-electron chi connectivity index (χ4n) is 3.11. The third-order valence-corrected chi connectivity index (χ3v) is 4.61. The van der Waals surface area contributed by atoms with Crippen LogP contribution in [0.5, 0.6) is 0 Å². The molecule has 0 saturated carbocycles. The van der Waals surface area contributed by atoms with Gasteiger partial charge >= 0.3 is 0 Å². The number of rotatable bonds is 3. The number of aromatic amines is 1. The number of aromatic nitrogens is 1. The summed E-state index contributed by atoms with van der Waals surface area (Å²) in [5.74, 6) is 0.00118. The molecule has 3 rings (SSSR count). The van der Waals surface area contributed by atoms with Gasteiger partial charge in [0.2, 0.25) is 0 Å². The van der Waals surface area contributed by atoms with Crippen LogP contribution in [0.15, 0.2) is 30.5 Å². The summed E-state index contributed by atoms with van der Waals surface area (Å²) in [5, 5.41) is 7.66. The lowest BCUT2D eigenvalue weighted by Gasteiger charge is -2.39. The Morgan fingerprint density at radius 3 is 3.05 bits per heavy atom. The van der Waals surface area contributed by atoms with Crippen molar-refractivity contribution >= 4 is 16.8 Å². The lowest BCUT2D eigenvalue weighted by atomic mass is 9.77. The van der Waals surface area contributed by atoms with Crippen molar-refractivity contribution in [2.75, 3.05) is 13.1 Å². The quantitative estimate of drug-likeness (QED) is 0.812. The first-order valence-electron chi connectivity index (χ1n) is 7.65. The zero-order valence-corrected chi connectivity index (χ0v) is 12.7. The summed E-state index contributed by atoms with van der Waals surface area (Å²) in [7, 11) is 0. The molecule has 1 aliphatic heterocycles. The van der Waals surface area contributed by atoms with Crippen LogP contribution in [0.1, 0.15) is 37.0 Å². The first-order valence-corrected chi connectivity index (χ1v) is 7.65. The minimum atomic E-state index is 0.00118. The Morgan fingerprint density at radius 1 is 1.38 bits per heavy atom. The SMILES string of the molecule is CC1(C)CCCNC1CNC(=O)c1ccc2[nH]ccc2c1. The third-order valence-electron chi connectivity index (χ3n) is 4.61. The van der Waals surface area contributed by atoms with Gasteiger partial charge in [-0.25, -0.2) is 0 Å². The van der Waals surface area contributed by atoms with E-state index in [0.717, 1.165) is 23.0 Å². The number of benzene rings is 1. The zero-order valence-electron chi connectivity index (χ0n) is 12.7. The van der Waals surface area contributed by atoms with Crippen LogP contribution in [0.2, 0.25) is 0 Å². The molecule has 2 heterocycles. The Morgan fingerprint density at radius 2 is 2.24 bits per heavy atom. The number of amides is 1. The first-order chi connectivity index (χ1) is 10.1. The highest BCUT2D eigenvalue weighted by Crippen LogP contribution is 2.29. The molecule has 1 saturated heterocycles. The maximum absolute atomic E-state index is 12.3. The third kappa shape index (κ3) is 2.95. The van der Waals surface area contributed by atoms with E-state index in [1.165, 1.54) is 12.8 Å². The summed E-state index contributed by atoms with van der Waals surface area (Å²) in [5.41, 5.74) is 2.01. The monoisotopic (exact) mass is 285 g/mol. The van der Waals surface area contributed by atoms with Crippen molar-refractivity contribution < 1.29 is 4.79 Å². The number of piperidine rings is 1. The van der Waals surface area contributed by atoms with E-state index >= 15 is 0 Å². The molecule has 2 aromatic rings. The van der Waals surface area contributed by atoms with Gasteiger partial charge in [0, 0.05) is 35.2 Å². The van der Waals surface area contributed by atoms with Crippen LogP contribution in [0.25, 0.3) is 10.9 Å². The van der Waals surface area contributed by atoms with E-state index in [4.69, 9.17) is 0 Å². The summed E-state index contributed by atoms with van der Waals surface area (Å²) < 4.78 is 0. The minimum absolute atomic E-state index is 0.00118. The van der Waals surface area contributed by atoms with Crippen LogP contribution in [0.4, 0.5) is 0 Å². The van der Waals surface area contributed by atoms with Gasteiger partial charge in [-0.2, -0.15) is 0 Å². The summed E-state index contributed by atoms with van der Waals surface area (Å²) in [6, 6.07) is 8.07. The van der Waals surface area contributed by atoms with Crippen molar-refractivity contribution in [2.45, 2.75) is 32.7 Å². The molecule has 4 nitrogen and oxygen atoms in total. The molecule has 0 aliphatic carbocycles. The zero-order chi connectivity index (χ0) is 14.9. The van der Waals surface area contributed by atoms with Gasteiger partial charge in [0.15, 0.2) is 0 Å². The standard InChI is InChI=1S/C17H23N3O/c1-17(2)7-3-8-19-15(17)11-20-16(21)13-4-5-14-12(10-13)6-9-18-14/h4-6,9-10,15,18-19H,3,7-8,11H2,1-2H3,(H,20,21). The van der Waals surface area contributed by atoms with Crippen LogP contribution < -0.4 is 10.6 Å². The number of carbonyl (C=O) groups excluding carboxylic acids is 1. The highest BCUT2D eigenvalue weighted by atomic mass is 16.1. The molecular formula is C17H23N3O. The van der Waals surface area contributed by atoms with E-state index in [-0.39, 0.29) is 11.3 Å². The van der Waals surface area contributed by atoms with Gasteiger partial charge in [-0.1, -0.05) is 13.8 Å².